The Hall–Kier alpha value is -1.26. The summed E-state index contributed by atoms with van der Waals surface area (Å²) in [6.07, 6.45) is 0. The SMILES string of the molecule is CCOc1ccc(C(Cl)c2cc(Br)c(F)cc2OC)cc1. The van der Waals surface area contributed by atoms with E-state index in [0.29, 0.717) is 22.4 Å². The second-order valence-corrected chi connectivity index (χ2v) is 5.66. The van der Waals surface area contributed by atoms with Crippen molar-refractivity contribution < 1.29 is 13.9 Å². The molecule has 5 heteroatoms. The van der Waals surface area contributed by atoms with Gasteiger partial charge in [-0.1, -0.05) is 12.1 Å². The van der Waals surface area contributed by atoms with E-state index in [9.17, 15) is 4.39 Å². The van der Waals surface area contributed by atoms with Crippen LogP contribution in [0.4, 0.5) is 4.39 Å². The Morgan fingerprint density at radius 3 is 2.48 bits per heavy atom. The van der Waals surface area contributed by atoms with Crippen LogP contribution in [0.3, 0.4) is 0 Å². The molecule has 0 bridgehead atoms. The maximum atomic E-state index is 13.6. The van der Waals surface area contributed by atoms with E-state index in [1.807, 2.05) is 31.2 Å². The van der Waals surface area contributed by atoms with Gasteiger partial charge in [-0.3, -0.25) is 0 Å². The smallest absolute Gasteiger partial charge is 0.141 e. The second-order valence-electron chi connectivity index (χ2n) is 4.37. The van der Waals surface area contributed by atoms with Gasteiger partial charge in [0.15, 0.2) is 0 Å². The van der Waals surface area contributed by atoms with Crippen LogP contribution in [0.15, 0.2) is 40.9 Å². The average molecular weight is 374 g/mol. The van der Waals surface area contributed by atoms with Gasteiger partial charge in [0.1, 0.15) is 17.3 Å². The van der Waals surface area contributed by atoms with Gasteiger partial charge in [-0.15, -0.1) is 11.6 Å². The van der Waals surface area contributed by atoms with Crippen LogP contribution in [0.5, 0.6) is 11.5 Å². The van der Waals surface area contributed by atoms with Crippen LogP contribution in [0.1, 0.15) is 23.4 Å². The predicted octanol–water partition coefficient (Wildman–Crippen LogP) is 5.32. The fourth-order valence-electron chi connectivity index (χ4n) is 2.00. The molecule has 2 aromatic carbocycles. The summed E-state index contributed by atoms with van der Waals surface area (Å²) in [6.45, 7) is 2.54. The molecule has 0 aliphatic carbocycles. The lowest BCUT2D eigenvalue weighted by atomic mass is 10.0. The van der Waals surface area contributed by atoms with Gasteiger partial charge in [0.25, 0.3) is 0 Å². The highest BCUT2D eigenvalue weighted by atomic mass is 79.9. The second kappa shape index (κ2) is 7.14. The van der Waals surface area contributed by atoms with Gasteiger partial charge in [-0.25, -0.2) is 4.39 Å². The van der Waals surface area contributed by atoms with Crippen molar-refractivity contribution in [3.63, 3.8) is 0 Å². The number of benzene rings is 2. The van der Waals surface area contributed by atoms with Crippen molar-refractivity contribution in [3.05, 3.63) is 57.8 Å². The summed E-state index contributed by atoms with van der Waals surface area (Å²) in [5, 5.41) is -0.437. The summed E-state index contributed by atoms with van der Waals surface area (Å²) in [5.41, 5.74) is 1.59. The minimum atomic E-state index is -0.437. The fourth-order valence-corrected chi connectivity index (χ4v) is 2.68. The lowest BCUT2D eigenvalue weighted by Crippen LogP contribution is -1.99. The third-order valence-electron chi connectivity index (χ3n) is 3.03. The van der Waals surface area contributed by atoms with E-state index in [1.54, 1.807) is 6.07 Å². The van der Waals surface area contributed by atoms with Crippen molar-refractivity contribution in [2.75, 3.05) is 13.7 Å². The quantitative estimate of drug-likeness (QED) is 0.660. The van der Waals surface area contributed by atoms with Crippen LogP contribution in [-0.2, 0) is 0 Å². The summed E-state index contributed by atoms with van der Waals surface area (Å²) in [6, 6.07) is 10.5. The maximum absolute atomic E-state index is 13.6. The Morgan fingerprint density at radius 2 is 1.90 bits per heavy atom. The molecule has 0 aromatic heterocycles. The highest BCUT2D eigenvalue weighted by Gasteiger charge is 2.18. The van der Waals surface area contributed by atoms with Crippen LogP contribution in [0, 0.1) is 5.82 Å². The van der Waals surface area contributed by atoms with Crippen LogP contribution in [0.25, 0.3) is 0 Å². The lowest BCUT2D eigenvalue weighted by Gasteiger charge is -2.16. The molecule has 1 unspecified atom stereocenters. The summed E-state index contributed by atoms with van der Waals surface area (Å²) in [5.74, 6) is 0.827. The third kappa shape index (κ3) is 3.69. The summed E-state index contributed by atoms with van der Waals surface area (Å²) in [4.78, 5) is 0. The molecular formula is C16H15BrClFO2. The Labute approximate surface area is 137 Å². The number of halogens is 3. The molecular weight excluding hydrogens is 359 g/mol. The van der Waals surface area contributed by atoms with Gasteiger partial charge in [-0.05, 0) is 46.6 Å². The first kappa shape index (κ1) is 16.1. The summed E-state index contributed by atoms with van der Waals surface area (Å²) < 4.78 is 24.5. The van der Waals surface area contributed by atoms with Crippen LogP contribution < -0.4 is 9.47 Å². The molecule has 0 saturated carbocycles. The minimum absolute atomic E-state index is 0.356. The Kier molecular flexibility index (Phi) is 5.48. The topological polar surface area (TPSA) is 18.5 Å². The van der Waals surface area contributed by atoms with E-state index in [-0.39, 0.29) is 5.82 Å². The number of rotatable bonds is 5. The molecule has 2 aromatic rings. The van der Waals surface area contributed by atoms with Gasteiger partial charge in [-0.2, -0.15) is 0 Å². The molecule has 1 atom stereocenters. The highest BCUT2D eigenvalue weighted by molar-refractivity contribution is 9.10. The molecule has 2 nitrogen and oxygen atoms in total. The van der Waals surface area contributed by atoms with E-state index >= 15 is 0 Å². The van der Waals surface area contributed by atoms with Crippen molar-refractivity contribution in [1.82, 2.24) is 0 Å². The standard InChI is InChI=1S/C16H15BrClFO2/c1-3-21-11-6-4-10(5-7-11)16(18)12-8-13(17)14(19)9-15(12)20-2/h4-9,16H,3H2,1-2H3. The first-order valence-corrected chi connectivity index (χ1v) is 7.69. The molecule has 0 spiro atoms. The molecule has 0 fully saturated rings. The lowest BCUT2D eigenvalue weighted by molar-refractivity contribution is 0.340. The Morgan fingerprint density at radius 1 is 1.24 bits per heavy atom. The van der Waals surface area contributed by atoms with E-state index in [4.69, 9.17) is 21.1 Å². The third-order valence-corrected chi connectivity index (χ3v) is 4.12. The summed E-state index contributed by atoms with van der Waals surface area (Å²) in [7, 11) is 1.49. The van der Waals surface area contributed by atoms with Crippen LogP contribution in [0.2, 0.25) is 0 Å². The Bertz CT molecular complexity index is 616. The largest absolute Gasteiger partial charge is 0.496 e. The highest BCUT2D eigenvalue weighted by Crippen LogP contribution is 2.38. The molecule has 0 N–H and O–H groups in total. The van der Waals surface area contributed by atoms with Crippen molar-refractivity contribution in [1.29, 1.82) is 0 Å². The van der Waals surface area contributed by atoms with Gasteiger partial charge >= 0.3 is 0 Å². The molecule has 0 aliphatic rings. The molecule has 0 amide bonds. The number of hydrogen-bond donors (Lipinski definition) is 0. The van der Waals surface area contributed by atoms with E-state index in [1.165, 1.54) is 13.2 Å². The molecule has 0 heterocycles. The zero-order valence-corrected chi connectivity index (χ0v) is 14.0. The molecule has 0 saturated heterocycles. The maximum Gasteiger partial charge on any atom is 0.141 e. The van der Waals surface area contributed by atoms with Crippen molar-refractivity contribution in [3.8, 4) is 11.5 Å². The van der Waals surface area contributed by atoms with Crippen LogP contribution >= 0.6 is 27.5 Å². The predicted molar refractivity (Wildman–Crippen MR) is 86.0 cm³/mol. The zero-order chi connectivity index (χ0) is 15.4. The number of methoxy groups -OCH3 is 1. The molecule has 112 valence electrons. The first-order valence-electron chi connectivity index (χ1n) is 6.46. The van der Waals surface area contributed by atoms with Crippen molar-refractivity contribution >= 4 is 27.5 Å². The zero-order valence-electron chi connectivity index (χ0n) is 11.7. The minimum Gasteiger partial charge on any atom is -0.496 e. The van der Waals surface area contributed by atoms with Crippen molar-refractivity contribution in [2.24, 2.45) is 0 Å². The van der Waals surface area contributed by atoms with Crippen LogP contribution in [-0.4, -0.2) is 13.7 Å². The monoisotopic (exact) mass is 372 g/mol. The molecule has 0 aliphatic heterocycles. The van der Waals surface area contributed by atoms with E-state index in [0.717, 1.165) is 11.3 Å². The van der Waals surface area contributed by atoms with Gasteiger partial charge < -0.3 is 9.47 Å². The van der Waals surface area contributed by atoms with E-state index in [2.05, 4.69) is 15.9 Å². The Balaban J connectivity index is 2.34. The molecule has 2 rings (SSSR count). The number of ether oxygens (including phenoxy) is 2. The normalized spacial score (nSPS) is 12.0. The number of hydrogen-bond acceptors (Lipinski definition) is 2. The van der Waals surface area contributed by atoms with Gasteiger partial charge in [0, 0.05) is 11.6 Å². The van der Waals surface area contributed by atoms with E-state index < -0.39 is 5.38 Å². The van der Waals surface area contributed by atoms with Crippen molar-refractivity contribution in [2.45, 2.75) is 12.3 Å². The number of alkyl halides is 1. The van der Waals surface area contributed by atoms with Gasteiger partial charge in [0.05, 0.1) is 23.6 Å². The van der Waals surface area contributed by atoms with Gasteiger partial charge in [0.2, 0.25) is 0 Å². The summed E-state index contributed by atoms with van der Waals surface area (Å²) >= 11 is 9.68. The molecule has 21 heavy (non-hydrogen) atoms. The fraction of sp³-hybridized carbons (Fsp3) is 0.250. The molecule has 0 radical (unpaired) electrons. The average Bonchev–Trinajstić information content (AvgIpc) is 2.50. The first-order chi connectivity index (χ1) is 10.1.